The normalized spacial score (nSPS) is 9.50. The van der Waals surface area contributed by atoms with Crippen molar-refractivity contribution in [3.8, 4) is 0 Å². The minimum Gasteiger partial charge on any atom is -0.124 e. The van der Waals surface area contributed by atoms with Crippen LogP contribution in [0.3, 0.4) is 0 Å². The second-order valence-corrected chi connectivity index (χ2v) is 6.00. The molecule has 0 aromatic carbocycles. The van der Waals surface area contributed by atoms with E-state index in [1.807, 2.05) is 13.8 Å². The summed E-state index contributed by atoms with van der Waals surface area (Å²) >= 11 is 15.9. The van der Waals surface area contributed by atoms with Crippen LogP contribution in [0.4, 0.5) is 0 Å². The van der Waals surface area contributed by atoms with Crippen molar-refractivity contribution < 1.29 is 0 Å². The van der Waals surface area contributed by atoms with Crippen LogP contribution in [0.25, 0.3) is 0 Å². The maximum Gasteiger partial charge on any atom is 0.112 e. The van der Waals surface area contributed by atoms with Gasteiger partial charge in [0, 0.05) is 5.38 Å². The van der Waals surface area contributed by atoms with Gasteiger partial charge in [-0.05, 0) is 27.7 Å². The van der Waals surface area contributed by atoms with E-state index in [4.69, 9.17) is 34.8 Å². The number of hydrogen-bond donors (Lipinski definition) is 0. The molecular formula is C9H21Cl3. The topological polar surface area (TPSA) is 0 Å². The van der Waals surface area contributed by atoms with Crippen molar-refractivity contribution in [2.45, 2.75) is 57.7 Å². The Labute approximate surface area is 92.6 Å². The van der Waals surface area contributed by atoms with Crippen molar-refractivity contribution in [3.05, 3.63) is 0 Å². The largest absolute Gasteiger partial charge is 0.124 e. The van der Waals surface area contributed by atoms with Crippen LogP contribution in [0.2, 0.25) is 0 Å². The number of alkyl halides is 3. The number of rotatable bonds is 0. The third kappa shape index (κ3) is 1400. The minimum atomic E-state index is -0.556. The molecule has 0 radical (unpaired) electrons. The second kappa shape index (κ2) is 11.9. The van der Waals surface area contributed by atoms with E-state index in [-0.39, 0.29) is 0 Å². The fourth-order valence-electron chi connectivity index (χ4n) is 0. The van der Waals surface area contributed by atoms with Gasteiger partial charge in [-0.1, -0.05) is 20.3 Å². The third-order valence-electron chi connectivity index (χ3n) is 0. The average molecular weight is 236 g/mol. The third-order valence-corrected chi connectivity index (χ3v) is 0. The first-order valence-corrected chi connectivity index (χ1v) is 5.36. The molecule has 0 fully saturated rings. The maximum absolute atomic E-state index is 5.30. The van der Waals surface area contributed by atoms with Gasteiger partial charge in [0.25, 0.3) is 0 Å². The van der Waals surface area contributed by atoms with E-state index < -0.39 is 4.33 Å². The van der Waals surface area contributed by atoms with Crippen LogP contribution in [0.15, 0.2) is 0 Å². The van der Waals surface area contributed by atoms with E-state index in [2.05, 4.69) is 13.8 Å². The van der Waals surface area contributed by atoms with Crippen molar-refractivity contribution in [3.63, 3.8) is 0 Å². The lowest BCUT2D eigenvalue weighted by atomic mass is 10.6. The predicted molar refractivity (Wildman–Crippen MR) is 62.7 cm³/mol. The summed E-state index contributed by atoms with van der Waals surface area (Å²) in [4.78, 5) is 0. The van der Waals surface area contributed by atoms with E-state index in [1.54, 1.807) is 13.8 Å². The van der Waals surface area contributed by atoms with Crippen LogP contribution in [0.5, 0.6) is 0 Å². The van der Waals surface area contributed by atoms with Gasteiger partial charge < -0.3 is 0 Å². The number of halogens is 3. The highest BCUT2D eigenvalue weighted by Gasteiger charge is 2.03. The molecule has 0 aromatic heterocycles. The van der Waals surface area contributed by atoms with Gasteiger partial charge in [-0.3, -0.25) is 0 Å². The summed E-state index contributed by atoms with van der Waals surface area (Å²) in [7, 11) is 0. The van der Waals surface area contributed by atoms with Crippen LogP contribution < -0.4 is 0 Å². The molecule has 0 saturated carbocycles. The smallest absolute Gasteiger partial charge is 0.112 e. The van der Waals surface area contributed by atoms with Gasteiger partial charge in [-0.25, -0.2) is 0 Å². The Morgan fingerprint density at radius 1 is 1.08 bits per heavy atom. The Morgan fingerprint density at radius 2 is 1.08 bits per heavy atom. The zero-order chi connectivity index (χ0) is 10.8. The molecule has 0 rings (SSSR count). The molecule has 0 heterocycles. The molecule has 0 aliphatic heterocycles. The lowest BCUT2D eigenvalue weighted by Gasteiger charge is -1.98. The van der Waals surface area contributed by atoms with Crippen LogP contribution >= 0.6 is 34.8 Å². The predicted octanol–water partition coefficient (Wildman–Crippen LogP) is 5.25. The van der Waals surface area contributed by atoms with E-state index in [0.717, 1.165) is 0 Å². The molecule has 0 amide bonds. The standard InChI is InChI=1S/C3H6Cl2.C3H7Cl.C3H8/c1-3(2,4)5;1-3(2)4;1-3-2/h1-2H3;3H,1-2H3;3H2,1-2H3. The van der Waals surface area contributed by atoms with Crippen molar-refractivity contribution in [2.24, 2.45) is 0 Å². The van der Waals surface area contributed by atoms with E-state index >= 15 is 0 Å². The van der Waals surface area contributed by atoms with Gasteiger partial charge in [0.05, 0.1) is 0 Å². The molecule has 0 atom stereocenters. The van der Waals surface area contributed by atoms with Crippen molar-refractivity contribution >= 4 is 34.8 Å². The molecule has 0 aromatic rings. The van der Waals surface area contributed by atoms with Crippen molar-refractivity contribution in [2.75, 3.05) is 0 Å². The van der Waals surface area contributed by atoms with Gasteiger partial charge in [0.15, 0.2) is 0 Å². The molecule has 12 heavy (non-hydrogen) atoms. The molecule has 3 heteroatoms. The average Bonchev–Trinajstić information content (AvgIpc) is 1.56. The quantitative estimate of drug-likeness (QED) is 0.503. The Kier molecular flexibility index (Phi) is 18.4. The number of hydrogen-bond acceptors (Lipinski definition) is 0. The lowest BCUT2D eigenvalue weighted by molar-refractivity contribution is 0.995. The zero-order valence-corrected chi connectivity index (χ0v) is 11.2. The van der Waals surface area contributed by atoms with E-state index in [0.29, 0.717) is 5.38 Å². The Hall–Kier alpha value is 0.870. The molecule has 0 saturated heterocycles. The second-order valence-electron chi connectivity index (χ2n) is 3.05. The summed E-state index contributed by atoms with van der Waals surface area (Å²) in [5, 5.41) is 0.306. The Morgan fingerprint density at radius 3 is 1.08 bits per heavy atom. The highest BCUT2D eigenvalue weighted by Crippen LogP contribution is 2.16. The molecule has 0 N–H and O–H groups in total. The SMILES string of the molecule is CC(C)(Cl)Cl.CC(C)Cl.CCC. The molecule has 0 aliphatic carbocycles. The minimum absolute atomic E-state index is 0.306. The Bertz CT molecular complexity index is 55.9. The summed E-state index contributed by atoms with van der Waals surface area (Å²) in [6, 6.07) is 0. The maximum atomic E-state index is 5.30. The first-order chi connectivity index (χ1) is 5.15. The lowest BCUT2D eigenvalue weighted by Crippen LogP contribution is -1.93. The molecular weight excluding hydrogens is 214 g/mol. The highest BCUT2D eigenvalue weighted by molar-refractivity contribution is 6.47. The van der Waals surface area contributed by atoms with Crippen molar-refractivity contribution in [1.29, 1.82) is 0 Å². The zero-order valence-electron chi connectivity index (χ0n) is 8.92. The Balaban J connectivity index is -0.000000105. The first-order valence-electron chi connectivity index (χ1n) is 4.17. The highest BCUT2D eigenvalue weighted by atomic mass is 35.5. The summed E-state index contributed by atoms with van der Waals surface area (Å²) in [6.45, 7) is 11.6. The summed E-state index contributed by atoms with van der Waals surface area (Å²) in [5.41, 5.74) is 0. The van der Waals surface area contributed by atoms with Gasteiger partial charge in [0.1, 0.15) is 4.33 Å². The monoisotopic (exact) mass is 234 g/mol. The summed E-state index contributed by atoms with van der Waals surface area (Å²) in [6.07, 6.45) is 1.25. The fraction of sp³-hybridized carbons (Fsp3) is 1.00. The van der Waals surface area contributed by atoms with Crippen LogP contribution in [0, 0.1) is 0 Å². The van der Waals surface area contributed by atoms with E-state index in [1.165, 1.54) is 6.42 Å². The molecule has 78 valence electrons. The molecule has 0 spiro atoms. The van der Waals surface area contributed by atoms with Gasteiger partial charge >= 0.3 is 0 Å². The molecule has 0 bridgehead atoms. The molecule has 0 aliphatic rings. The van der Waals surface area contributed by atoms with Gasteiger partial charge in [-0.15, -0.1) is 34.8 Å². The molecule has 0 nitrogen and oxygen atoms in total. The van der Waals surface area contributed by atoms with Gasteiger partial charge in [0.2, 0.25) is 0 Å². The summed E-state index contributed by atoms with van der Waals surface area (Å²) < 4.78 is -0.556. The molecule has 0 unspecified atom stereocenters. The van der Waals surface area contributed by atoms with E-state index in [9.17, 15) is 0 Å². The van der Waals surface area contributed by atoms with Crippen LogP contribution in [-0.4, -0.2) is 9.71 Å². The first kappa shape index (κ1) is 18.6. The van der Waals surface area contributed by atoms with Crippen molar-refractivity contribution in [1.82, 2.24) is 0 Å². The fourth-order valence-corrected chi connectivity index (χ4v) is 0. The van der Waals surface area contributed by atoms with Gasteiger partial charge in [-0.2, -0.15) is 0 Å². The summed E-state index contributed by atoms with van der Waals surface area (Å²) in [5.74, 6) is 0. The van der Waals surface area contributed by atoms with Crippen LogP contribution in [0.1, 0.15) is 48.0 Å². The van der Waals surface area contributed by atoms with Crippen LogP contribution in [-0.2, 0) is 0 Å².